The van der Waals surface area contributed by atoms with Crippen molar-refractivity contribution in [2.45, 2.75) is 26.5 Å². The van der Waals surface area contributed by atoms with Gasteiger partial charge in [-0.3, -0.25) is 14.9 Å². The number of anilines is 1. The number of nitrogens with zero attached hydrogens (tertiary/aromatic N) is 5. The lowest BCUT2D eigenvalue weighted by molar-refractivity contribution is 0.185. The molecule has 0 bridgehead atoms. The van der Waals surface area contributed by atoms with Gasteiger partial charge >= 0.3 is 0 Å². The van der Waals surface area contributed by atoms with Crippen molar-refractivity contribution in [3.05, 3.63) is 71.6 Å². The molecule has 0 amide bonds. The minimum Gasteiger partial charge on any atom is -0.380 e. The van der Waals surface area contributed by atoms with Crippen LogP contribution in [-0.2, 0) is 11.3 Å². The van der Waals surface area contributed by atoms with Gasteiger partial charge < -0.3 is 9.64 Å². The summed E-state index contributed by atoms with van der Waals surface area (Å²) in [6.07, 6.45) is 4.15. The molecule has 0 N–H and O–H groups in total. The maximum absolute atomic E-state index is 5.30. The van der Waals surface area contributed by atoms with Crippen molar-refractivity contribution in [1.82, 2.24) is 14.9 Å². The highest BCUT2D eigenvalue weighted by molar-refractivity contribution is 6.32. The second-order valence-electron chi connectivity index (χ2n) is 8.99. The van der Waals surface area contributed by atoms with Crippen LogP contribution in [0.1, 0.15) is 30.7 Å². The first-order valence-corrected chi connectivity index (χ1v) is 11.7. The zero-order chi connectivity index (χ0) is 22.8. The van der Waals surface area contributed by atoms with Gasteiger partial charge in [-0.15, -0.1) is 0 Å². The molecule has 2 aliphatic heterocycles. The number of rotatable bonds is 6. The Morgan fingerprint density at radius 3 is 2.64 bits per heavy atom. The molecule has 0 unspecified atom stereocenters. The molecule has 0 spiro atoms. The first-order valence-electron chi connectivity index (χ1n) is 11.7. The van der Waals surface area contributed by atoms with E-state index in [1.54, 1.807) is 7.11 Å². The van der Waals surface area contributed by atoms with Crippen molar-refractivity contribution in [2.75, 3.05) is 44.7 Å². The highest BCUT2D eigenvalue weighted by atomic mass is 16.5. The van der Waals surface area contributed by atoms with Crippen LogP contribution in [0.2, 0.25) is 0 Å². The van der Waals surface area contributed by atoms with Gasteiger partial charge in [0.15, 0.2) is 0 Å². The fourth-order valence-corrected chi connectivity index (χ4v) is 4.67. The molecule has 0 radical (unpaired) electrons. The number of allylic oxidation sites excluding steroid dienone is 1. The number of methoxy groups -OCH3 is 1. The van der Waals surface area contributed by atoms with Crippen molar-refractivity contribution in [2.24, 2.45) is 4.99 Å². The van der Waals surface area contributed by atoms with Gasteiger partial charge in [-0.05, 0) is 43.7 Å². The summed E-state index contributed by atoms with van der Waals surface area (Å²) in [6, 6.07) is 15.3. The van der Waals surface area contributed by atoms with Crippen LogP contribution in [-0.4, -0.2) is 66.5 Å². The van der Waals surface area contributed by atoms with E-state index in [1.165, 1.54) is 0 Å². The fourth-order valence-electron chi connectivity index (χ4n) is 4.67. The van der Waals surface area contributed by atoms with E-state index in [9.17, 15) is 0 Å². The standard InChI is InChI=1S/C27H31N5O/c1-19(2)31-11-13-32(14-12-31)22-16-26-25(29-17-22)8-7-24(30-26)23-9-10-28-27(23)21-6-4-5-20(15-21)18-33-3/h4-9,15-17,19H,10-14,18H2,1-3H3. The maximum atomic E-state index is 5.30. The van der Waals surface area contributed by atoms with Gasteiger partial charge in [-0.25, -0.2) is 4.98 Å². The monoisotopic (exact) mass is 441 g/mol. The average molecular weight is 442 g/mol. The van der Waals surface area contributed by atoms with Crippen molar-refractivity contribution in [3.63, 3.8) is 0 Å². The van der Waals surface area contributed by atoms with Crippen molar-refractivity contribution in [3.8, 4) is 0 Å². The number of aromatic nitrogens is 2. The third-order valence-electron chi connectivity index (χ3n) is 6.52. The van der Waals surface area contributed by atoms with Gasteiger partial charge in [0.05, 0.1) is 47.5 Å². The Morgan fingerprint density at radius 2 is 1.85 bits per heavy atom. The summed E-state index contributed by atoms with van der Waals surface area (Å²) < 4.78 is 5.30. The molecule has 6 nitrogen and oxygen atoms in total. The summed E-state index contributed by atoms with van der Waals surface area (Å²) in [4.78, 5) is 19.4. The fraction of sp³-hybridized carbons (Fsp3) is 0.370. The van der Waals surface area contributed by atoms with Crippen LogP contribution in [0.15, 0.2) is 59.7 Å². The van der Waals surface area contributed by atoms with E-state index in [4.69, 9.17) is 19.7 Å². The summed E-state index contributed by atoms with van der Waals surface area (Å²) in [6.45, 7) is 10.0. The van der Waals surface area contributed by atoms with E-state index in [0.29, 0.717) is 19.2 Å². The molecule has 5 rings (SSSR count). The summed E-state index contributed by atoms with van der Waals surface area (Å²) >= 11 is 0. The Kier molecular flexibility index (Phi) is 6.20. The first-order chi connectivity index (χ1) is 16.1. The smallest absolute Gasteiger partial charge is 0.0914 e. The molecule has 33 heavy (non-hydrogen) atoms. The van der Waals surface area contributed by atoms with Gasteiger partial charge in [0.25, 0.3) is 0 Å². The van der Waals surface area contributed by atoms with Crippen LogP contribution in [0.4, 0.5) is 5.69 Å². The lowest BCUT2D eigenvalue weighted by Crippen LogP contribution is -2.48. The van der Waals surface area contributed by atoms with Gasteiger partial charge in [0, 0.05) is 50.5 Å². The maximum Gasteiger partial charge on any atom is 0.0914 e. The third-order valence-corrected chi connectivity index (χ3v) is 6.52. The van der Waals surface area contributed by atoms with Crippen LogP contribution >= 0.6 is 0 Å². The Bertz CT molecular complexity index is 1210. The van der Waals surface area contributed by atoms with E-state index in [-0.39, 0.29) is 0 Å². The highest BCUT2D eigenvalue weighted by Gasteiger charge is 2.21. The predicted molar refractivity (Wildman–Crippen MR) is 135 cm³/mol. The van der Waals surface area contributed by atoms with E-state index in [1.807, 2.05) is 6.20 Å². The molecule has 1 saturated heterocycles. The Hall–Kier alpha value is -3.09. The number of benzene rings is 1. The van der Waals surface area contributed by atoms with Crippen LogP contribution < -0.4 is 4.90 Å². The number of hydrogen-bond acceptors (Lipinski definition) is 6. The Morgan fingerprint density at radius 1 is 1.00 bits per heavy atom. The van der Waals surface area contributed by atoms with E-state index in [0.717, 1.165) is 71.0 Å². The molecular weight excluding hydrogens is 410 g/mol. The minimum absolute atomic E-state index is 0.592. The molecule has 0 atom stereocenters. The van der Waals surface area contributed by atoms with Crippen LogP contribution in [0.25, 0.3) is 16.6 Å². The van der Waals surface area contributed by atoms with Crippen LogP contribution in [0.3, 0.4) is 0 Å². The second-order valence-corrected chi connectivity index (χ2v) is 8.99. The average Bonchev–Trinajstić information content (AvgIpc) is 3.34. The first kappa shape index (κ1) is 21.7. The summed E-state index contributed by atoms with van der Waals surface area (Å²) in [5.74, 6) is 0. The largest absolute Gasteiger partial charge is 0.380 e. The number of aliphatic imine (C=N–C) groups is 1. The lowest BCUT2D eigenvalue weighted by Gasteiger charge is -2.38. The van der Waals surface area contributed by atoms with E-state index < -0.39 is 0 Å². The Labute approximate surface area is 195 Å². The molecular formula is C27H31N5O. The van der Waals surface area contributed by atoms with Crippen molar-refractivity contribution < 1.29 is 4.74 Å². The second kappa shape index (κ2) is 9.41. The van der Waals surface area contributed by atoms with Gasteiger partial charge in [0.2, 0.25) is 0 Å². The number of hydrogen-bond donors (Lipinski definition) is 0. The number of fused-ring (bicyclic) bond motifs is 1. The quantitative estimate of drug-likeness (QED) is 0.574. The SMILES string of the molecule is COCc1cccc(C2=NCC=C2c2ccc3ncc(N4CCN(C(C)C)CC4)cc3n2)c1. The summed E-state index contributed by atoms with van der Waals surface area (Å²) in [7, 11) is 1.72. The normalized spacial score (nSPS) is 17.0. The van der Waals surface area contributed by atoms with E-state index >= 15 is 0 Å². The number of ether oxygens (including phenoxy) is 1. The molecule has 0 aliphatic carbocycles. The zero-order valence-electron chi connectivity index (χ0n) is 19.7. The molecule has 6 heteroatoms. The molecule has 1 aromatic carbocycles. The molecule has 3 aromatic rings. The molecule has 170 valence electrons. The van der Waals surface area contributed by atoms with Crippen LogP contribution in [0.5, 0.6) is 0 Å². The molecule has 1 fully saturated rings. The van der Waals surface area contributed by atoms with E-state index in [2.05, 4.69) is 72.2 Å². The topological polar surface area (TPSA) is 53.9 Å². The molecule has 0 saturated carbocycles. The van der Waals surface area contributed by atoms with Crippen molar-refractivity contribution >= 4 is 28.0 Å². The lowest BCUT2D eigenvalue weighted by atomic mass is 9.99. The third kappa shape index (κ3) is 4.54. The number of pyridine rings is 2. The van der Waals surface area contributed by atoms with Gasteiger partial charge in [-0.2, -0.15) is 0 Å². The predicted octanol–water partition coefficient (Wildman–Crippen LogP) is 4.19. The van der Waals surface area contributed by atoms with Crippen LogP contribution in [0, 0.1) is 0 Å². The van der Waals surface area contributed by atoms with Crippen molar-refractivity contribution in [1.29, 1.82) is 0 Å². The molecule has 2 aromatic heterocycles. The number of piperazine rings is 1. The highest BCUT2D eigenvalue weighted by Crippen LogP contribution is 2.27. The molecule has 2 aliphatic rings. The van der Waals surface area contributed by atoms with Gasteiger partial charge in [-0.1, -0.05) is 24.3 Å². The molecule has 4 heterocycles. The van der Waals surface area contributed by atoms with Gasteiger partial charge in [0.1, 0.15) is 0 Å². The Balaban J connectivity index is 1.41. The summed E-state index contributed by atoms with van der Waals surface area (Å²) in [5.41, 5.74) is 8.26. The minimum atomic E-state index is 0.592. The zero-order valence-corrected chi connectivity index (χ0v) is 19.7. The summed E-state index contributed by atoms with van der Waals surface area (Å²) in [5, 5.41) is 0.